The Morgan fingerprint density at radius 3 is 2.50 bits per heavy atom. The lowest BCUT2D eigenvalue weighted by atomic mass is 10.2. The third-order valence-corrected chi connectivity index (χ3v) is 4.40. The number of hydrogen-bond acceptors (Lipinski definition) is 3. The summed E-state index contributed by atoms with van der Waals surface area (Å²) >= 11 is 5.90. The minimum Gasteiger partial charge on any atom is -0.377 e. The lowest BCUT2D eigenvalue weighted by Crippen LogP contribution is -2.12. The lowest BCUT2D eigenvalue weighted by molar-refractivity contribution is 0.484. The van der Waals surface area contributed by atoms with Gasteiger partial charge < -0.3 is 4.18 Å². The fourth-order valence-electron chi connectivity index (χ4n) is 1.68. The SMILES string of the molecule is Cc1ccc(Cl)c(OS(=O)(=O)c2cc(F)ccc2C)c1. The zero-order chi connectivity index (χ0) is 14.9. The fourth-order valence-corrected chi connectivity index (χ4v) is 3.07. The van der Waals surface area contributed by atoms with Crippen LogP contribution >= 0.6 is 11.6 Å². The first-order valence-electron chi connectivity index (χ1n) is 5.76. The van der Waals surface area contributed by atoms with Crippen LogP contribution in [-0.4, -0.2) is 8.42 Å². The minimum atomic E-state index is -4.13. The van der Waals surface area contributed by atoms with Crippen LogP contribution in [0.3, 0.4) is 0 Å². The minimum absolute atomic E-state index is 0.0235. The molecule has 20 heavy (non-hydrogen) atoms. The highest BCUT2D eigenvalue weighted by Crippen LogP contribution is 2.29. The molecule has 0 aromatic heterocycles. The Morgan fingerprint density at radius 2 is 1.80 bits per heavy atom. The first-order valence-corrected chi connectivity index (χ1v) is 7.55. The van der Waals surface area contributed by atoms with Crippen LogP contribution in [0.4, 0.5) is 4.39 Å². The molecule has 0 bridgehead atoms. The van der Waals surface area contributed by atoms with Crippen LogP contribution in [0.5, 0.6) is 5.75 Å². The maximum absolute atomic E-state index is 13.2. The van der Waals surface area contributed by atoms with Gasteiger partial charge in [0, 0.05) is 0 Å². The molecule has 2 aromatic carbocycles. The largest absolute Gasteiger partial charge is 0.377 e. The van der Waals surface area contributed by atoms with E-state index < -0.39 is 15.9 Å². The topological polar surface area (TPSA) is 43.4 Å². The molecule has 106 valence electrons. The first kappa shape index (κ1) is 14.8. The molecule has 0 saturated heterocycles. The van der Waals surface area contributed by atoms with Crippen LogP contribution in [0.15, 0.2) is 41.3 Å². The first-order chi connectivity index (χ1) is 9.29. The molecule has 3 nitrogen and oxygen atoms in total. The molecule has 0 aliphatic carbocycles. The van der Waals surface area contributed by atoms with Crippen LogP contribution in [-0.2, 0) is 10.1 Å². The molecule has 0 atom stereocenters. The van der Waals surface area contributed by atoms with Crippen LogP contribution < -0.4 is 4.18 Å². The summed E-state index contributed by atoms with van der Waals surface area (Å²) in [6.07, 6.45) is 0. The van der Waals surface area contributed by atoms with E-state index in [-0.39, 0.29) is 15.7 Å². The molecule has 0 unspecified atom stereocenters. The fraction of sp³-hybridized carbons (Fsp3) is 0.143. The molecule has 6 heteroatoms. The molecule has 0 aliphatic heterocycles. The molecule has 0 heterocycles. The van der Waals surface area contributed by atoms with Gasteiger partial charge in [-0.1, -0.05) is 23.7 Å². The number of hydrogen-bond donors (Lipinski definition) is 0. The Labute approximate surface area is 122 Å². The maximum Gasteiger partial charge on any atom is 0.339 e. The predicted molar refractivity (Wildman–Crippen MR) is 75.1 cm³/mol. The summed E-state index contributed by atoms with van der Waals surface area (Å²) in [5.74, 6) is -0.622. The van der Waals surface area contributed by atoms with Crippen molar-refractivity contribution in [2.75, 3.05) is 0 Å². The molecule has 2 rings (SSSR count). The van der Waals surface area contributed by atoms with Crippen LogP contribution in [0.25, 0.3) is 0 Å². The highest BCUT2D eigenvalue weighted by Gasteiger charge is 2.21. The highest BCUT2D eigenvalue weighted by atomic mass is 35.5. The summed E-state index contributed by atoms with van der Waals surface area (Å²) in [5, 5.41) is 0.174. The maximum atomic E-state index is 13.2. The van der Waals surface area contributed by atoms with Gasteiger partial charge >= 0.3 is 10.1 Å². The van der Waals surface area contributed by atoms with E-state index in [1.165, 1.54) is 18.2 Å². The number of halogens is 2. The lowest BCUT2D eigenvalue weighted by Gasteiger charge is -2.11. The average Bonchev–Trinajstić information content (AvgIpc) is 2.36. The van der Waals surface area contributed by atoms with Crippen molar-refractivity contribution in [2.45, 2.75) is 18.7 Å². The summed E-state index contributed by atoms with van der Waals surface area (Å²) < 4.78 is 42.6. The van der Waals surface area contributed by atoms with Crippen molar-refractivity contribution < 1.29 is 17.0 Å². The molecule has 2 aromatic rings. The van der Waals surface area contributed by atoms with Gasteiger partial charge in [-0.15, -0.1) is 0 Å². The van der Waals surface area contributed by atoms with Crippen LogP contribution in [0.2, 0.25) is 5.02 Å². The van der Waals surface area contributed by atoms with Gasteiger partial charge in [-0.3, -0.25) is 0 Å². The second-order valence-corrected chi connectivity index (χ2v) is 6.30. The third-order valence-electron chi connectivity index (χ3n) is 2.71. The van der Waals surface area contributed by atoms with Crippen LogP contribution in [0.1, 0.15) is 11.1 Å². The summed E-state index contributed by atoms with van der Waals surface area (Å²) in [6.45, 7) is 3.34. The Balaban J connectivity index is 2.46. The standard InChI is InChI=1S/C14H12ClFO3S/c1-9-3-6-12(15)13(7-9)19-20(17,18)14-8-11(16)5-4-10(14)2/h3-8H,1-2H3. The third kappa shape index (κ3) is 3.11. The molecular formula is C14H12ClFO3S. The van der Waals surface area contributed by atoms with Gasteiger partial charge in [0.2, 0.25) is 0 Å². The summed E-state index contributed by atoms with van der Waals surface area (Å²) in [6, 6.07) is 8.27. The molecule has 0 aliphatic rings. The van der Waals surface area contributed by atoms with E-state index in [4.69, 9.17) is 15.8 Å². The Bertz CT molecular complexity index is 757. The number of rotatable bonds is 3. The van der Waals surface area contributed by atoms with E-state index in [9.17, 15) is 12.8 Å². The summed E-state index contributed by atoms with van der Waals surface area (Å²) in [4.78, 5) is -0.213. The summed E-state index contributed by atoms with van der Waals surface area (Å²) in [7, 11) is -4.13. The van der Waals surface area contributed by atoms with Gasteiger partial charge in [0.1, 0.15) is 10.7 Å². The van der Waals surface area contributed by atoms with Gasteiger partial charge in [-0.25, -0.2) is 4.39 Å². The van der Waals surface area contributed by atoms with Gasteiger partial charge in [0.25, 0.3) is 0 Å². The van der Waals surface area contributed by atoms with Crippen molar-refractivity contribution in [1.82, 2.24) is 0 Å². The molecular weight excluding hydrogens is 303 g/mol. The van der Waals surface area contributed by atoms with Gasteiger partial charge in [-0.2, -0.15) is 8.42 Å². The molecule has 0 radical (unpaired) electrons. The van der Waals surface area contributed by atoms with Crippen molar-refractivity contribution in [3.05, 3.63) is 58.4 Å². The quantitative estimate of drug-likeness (QED) is 0.808. The number of aryl methyl sites for hydroxylation is 2. The second kappa shape index (κ2) is 5.42. The van der Waals surface area contributed by atoms with E-state index in [0.29, 0.717) is 5.56 Å². The van der Waals surface area contributed by atoms with E-state index in [1.807, 2.05) is 0 Å². The Morgan fingerprint density at radius 1 is 1.10 bits per heavy atom. The van der Waals surface area contributed by atoms with Crippen molar-refractivity contribution >= 4 is 21.7 Å². The van der Waals surface area contributed by atoms with E-state index >= 15 is 0 Å². The molecule has 0 saturated carbocycles. The molecule has 0 N–H and O–H groups in total. The summed E-state index contributed by atoms with van der Waals surface area (Å²) in [5.41, 5.74) is 1.20. The predicted octanol–water partition coefficient (Wildman–Crippen LogP) is 3.86. The zero-order valence-electron chi connectivity index (χ0n) is 10.9. The molecule has 0 spiro atoms. The zero-order valence-corrected chi connectivity index (χ0v) is 12.4. The molecule has 0 fully saturated rings. The van der Waals surface area contributed by atoms with Gasteiger partial charge in [0.05, 0.1) is 5.02 Å². The van der Waals surface area contributed by atoms with Crippen molar-refractivity contribution in [3.63, 3.8) is 0 Å². The van der Waals surface area contributed by atoms with E-state index in [0.717, 1.165) is 11.6 Å². The number of benzene rings is 2. The van der Waals surface area contributed by atoms with Crippen LogP contribution in [0, 0.1) is 19.7 Å². The molecule has 0 amide bonds. The smallest absolute Gasteiger partial charge is 0.339 e. The van der Waals surface area contributed by atoms with E-state index in [1.54, 1.807) is 26.0 Å². The second-order valence-electron chi connectivity index (χ2n) is 4.38. The Hall–Kier alpha value is -1.59. The normalized spacial score (nSPS) is 11.4. The van der Waals surface area contributed by atoms with Crippen molar-refractivity contribution in [1.29, 1.82) is 0 Å². The van der Waals surface area contributed by atoms with Gasteiger partial charge in [-0.05, 0) is 49.2 Å². The Kier molecular flexibility index (Phi) is 4.01. The van der Waals surface area contributed by atoms with Gasteiger partial charge in [0.15, 0.2) is 5.75 Å². The monoisotopic (exact) mass is 314 g/mol. The average molecular weight is 315 g/mol. The highest BCUT2D eigenvalue weighted by molar-refractivity contribution is 7.87. The van der Waals surface area contributed by atoms with Crippen molar-refractivity contribution in [2.24, 2.45) is 0 Å². The van der Waals surface area contributed by atoms with Crippen molar-refractivity contribution in [3.8, 4) is 5.75 Å². The van der Waals surface area contributed by atoms with E-state index in [2.05, 4.69) is 0 Å².